The minimum absolute atomic E-state index is 0.200. The van der Waals surface area contributed by atoms with E-state index < -0.39 is 0 Å². The molecular weight excluding hydrogens is 300 g/mol. The highest BCUT2D eigenvalue weighted by atomic mass is 16.1. The Morgan fingerprint density at radius 2 is 1.67 bits per heavy atom. The monoisotopic (exact) mass is 318 g/mol. The number of hydrogen-bond donors (Lipinski definition) is 2. The van der Waals surface area contributed by atoms with E-state index in [0.29, 0.717) is 12.2 Å². The first-order valence-electron chi connectivity index (χ1n) is 7.67. The zero-order valence-corrected chi connectivity index (χ0v) is 13.4. The molecule has 0 fully saturated rings. The van der Waals surface area contributed by atoms with E-state index in [-0.39, 0.29) is 5.91 Å². The zero-order chi connectivity index (χ0) is 16.8. The maximum Gasteiger partial charge on any atom is 0.270 e. The van der Waals surface area contributed by atoms with Crippen molar-refractivity contribution in [2.24, 2.45) is 0 Å². The molecule has 0 aliphatic carbocycles. The molecule has 0 unspecified atom stereocenters. The Hall–Kier alpha value is -3.21. The van der Waals surface area contributed by atoms with Crippen molar-refractivity contribution in [1.82, 2.24) is 15.3 Å². The van der Waals surface area contributed by atoms with E-state index in [1.165, 1.54) is 5.56 Å². The van der Waals surface area contributed by atoms with Gasteiger partial charge in [0.15, 0.2) is 0 Å². The van der Waals surface area contributed by atoms with Crippen LogP contribution in [0.1, 0.15) is 21.6 Å². The Kier molecular flexibility index (Phi) is 4.81. The SMILES string of the molecule is Cc1ccc(Nc2ccc(C(=O)NCc3ccncc3)nc2)cc1. The number of carbonyl (C=O) groups excluding carboxylic acids is 1. The summed E-state index contributed by atoms with van der Waals surface area (Å²) >= 11 is 0. The van der Waals surface area contributed by atoms with Crippen LogP contribution in [0.3, 0.4) is 0 Å². The van der Waals surface area contributed by atoms with Crippen molar-refractivity contribution < 1.29 is 4.79 Å². The number of aromatic nitrogens is 2. The second kappa shape index (κ2) is 7.37. The molecule has 3 rings (SSSR count). The van der Waals surface area contributed by atoms with Gasteiger partial charge in [0, 0.05) is 24.6 Å². The highest BCUT2D eigenvalue weighted by Gasteiger charge is 2.07. The molecule has 0 saturated heterocycles. The van der Waals surface area contributed by atoms with E-state index in [1.807, 2.05) is 49.4 Å². The fourth-order valence-corrected chi connectivity index (χ4v) is 2.18. The highest BCUT2D eigenvalue weighted by Crippen LogP contribution is 2.16. The van der Waals surface area contributed by atoms with Crippen LogP contribution in [-0.2, 0) is 6.54 Å². The summed E-state index contributed by atoms with van der Waals surface area (Å²) in [5.41, 5.74) is 4.41. The van der Waals surface area contributed by atoms with Gasteiger partial charge in [-0.3, -0.25) is 9.78 Å². The summed E-state index contributed by atoms with van der Waals surface area (Å²) in [6.07, 6.45) is 5.05. The molecule has 2 aromatic heterocycles. The summed E-state index contributed by atoms with van der Waals surface area (Å²) in [7, 11) is 0. The average molecular weight is 318 g/mol. The lowest BCUT2D eigenvalue weighted by Gasteiger charge is -2.08. The molecule has 2 N–H and O–H groups in total. The molecule has 3 aromatic rings. The topological polar surface area (TPSA) is 66.9 Å². The van der Waals surface area contributed by atoms with Gasteiger partial charge in [0.05, 0.1) is 11.9 Å². The Balaban J connectivity index is 1.59. The van der Waals surface area contributed by atoms with Gasteiger partial charge in [0.25, 0.3) is 5.91 Å². The fourth-order valence-electron chi connectivity index (χ4n) is 2.18. The van der Waals surface area contributed by atoms with Crippen LogP contribution in [0, 0.1) is 6.92 Å². The molecule has 1 aromatic carbocycles. The van der Waals surface area contributed by atoms with E-state index in [2.05, 4.69) is 20.6 Å². The van der Waals surface area contributed by atoms with Gasteiger partial charge in [0.2, 0.25) is 0 Å². The van der Waals surface area contributed by atoms with Crippen molar-refractivity contribution in [2.75, 3.05) is 5.32 Å². The molecule has 2 heterocycles. The minimum Gasteiger partial charge on any atom is -0.354 e. The van der Waals surface area contributed by atoms with Crippen LogP contribution in [0.15, 0.2) is 67.1 Å². The van der Waals surface area contributed by atoms with Crippen molar-refractivity contribution in [1.29, 1.82) is 0 Å². The van der Waals surface area contributed by atoms with E-state index >= 15 is 0 Å². The van der Waals surface area contributed by atoms with Crippen LogP contribution in [0.4, 0.5) is 11.4 Å². The quantitative estimate of drug-likeness (QED) is 0.756. The third kappa shape index (κ3) is 4.16. The van der Waals surface area contributed by atoms with Crippen LogP contribution in [0.5, 0.6) is 0 Å². The molecule has 1 amide bonds. The first kappa shape index (κ1) is 15.7. The van der Waals surface area contributed by atoms with Gasteiger partial charge in [-0.2, -0.15) is 0 Å². The van der Waals surface area contributed by atoms with E-state index in [0.717, 1.165) is 16.9 Å². The summed E-state index contributed by atoms with van der Waals surface area (Å²) in [4.78, 5) is 20.3. The molecule has 5 nitrogen and oxygen atoms in total. The van der Waals surface area contributed by atoms with Gasteiger partial charge in [-0.05, 0) is 48.9 Å². The molecular formula is C19H18N4O. The molecule has 0 atom stereocenters. The number of anilines is 2. The smallest absolute Gasteiger partial charge is 0.270 e. The number of benzene rings is 1. The predicted molar refractivity (Wildman–Crippen MR) is 94.1 cm³/mol. The molecule has 0 saturated carbocycles. The molecule has 5 heteroatoms. The second-order valence-electron chi connectivity index (χ2n) is 5.46. The number of nitrogens with one attached hydrogen (secondary N) is 2. The van der Waals surface area contributed by atoms with Crippen molar-refractivity contribution in [2.45, 2.75) is 13.5 Å². The number of carbonyl (C=O) groups is 1. The lowest BCUT2D eigenvalue weighted by atomic mass is 10.2. The van der Waals surface area contributed by atoms with Gasteiger partial charge < -0.3 is 10.6 Å². The fraction of sp³-hybridized carbons (Fsp3) is 0.105. The summed E-state index contributed by atoms with van der Waals surface area (Å²) in [6, 6.07) is 15.4. The molecule has 24 heavy (non-hydrogen) atoms. The third-order valence-electron chi connectivity index (χ3n) is 3.54. The number of hydrogen-bond acceptors (Lipinski definition) is 4. The van der Waals surface area contributed by atoms with Crippen LogP contribution >= 0.6 is 0 Å². The van der Waals surface area contributed by atoms with Crippen molar-refractivity contribution in [3.05, 3.63) is 83.9 Å². The molecule has 0 bridgehead atoms. The number of amides is 1. The standard InChI is InChI=1S/C19H18N4O/c1-14-2-4-16(5-3-14)23-17-6-7-18(21-13-17)19(24)22-12-15-8-10-20-11-9-15/h2-11,13,23H,12H2,1H3,(H,22,24). The van der Waals surface area contributed by atoms with E-state index in [4.69, 9.17) is 0 Å². The highest BCUT2D eigenvalue weighted by molar-refractivity contribution is 5.92. The Labute approximate surface area is 140 Å². The Bertz CT molecular complexity index is 799. The normalized spacial score (nSPS) is 10.2. The lowest BCUT2D eigenvalue weighted by molar-refractivity contribution is 0.0946. The third-order valence-corrected chi connectivity index (χ3v) is 3.54. The van der Waals surface area contributed by atoms with E-state index in [1.54, 1.807) is 24.7 Å². The van der Waals surface area contributed by atoms with Crippen LogP contribution in [0.25, 0.3) is 0 Å². The average Bonchev–Trinajstić information content (AvgIpc) is 2.63. The lowest BCUT2D eigenvalue weighted by Crippen LogP contribution is -2.23. The van der Waals surface area contributed by atoms with E-state index in [9.17, 15) is 4.79 Å². The Morgan fingerprint density at radius 1 is 0.958 bits per heavy atom. The van der Waals surface area contributed by atoms with Gasteiger partial charge in [-0.15, -0.1) is 0 Å². The second-order valence-corrected chi connectivity index (χ2v) is 5.46. The summed E-state index contributed by atoms with van der Waals surface area (Å²) in [6.45, 7) is 2.50. The molecule has 0 aliphatic rings. The molecule has 0 aliphatic heterocycles. The number of aryl methyl sites for hydroxylation is 1. The Morgan fingerprint density at radius 3 is 2.33 bits per heavy atom. The number of rotatable bonds is 5. The minimum atomic E-state index is -0.200. The first-order chi connectivity index (χ1) is 11.7. The van der Waals surface area contributed by atoms with Crippen molar-refractivity contribution >= 4 is 17.3 Å². The summed E-state index contributed by atoms with van der Waals surface area (Å²) in [5, 5.41) is 6.09. The van der Waals surface area contributed by atoms with Gasteiger partial charge >= 0.3 is 0 Å². The van der Waals surface area contributed by atoms with Crippen LogP contribution in [0.2, 0.25) is 0 Å². The molecule has 0 spiro atoms. The maximum atomic E-state index is 12.1. The zero-order valence-electron chi connectivity index (χ0n) is 13.4. The summed E-state index contributed by atoms with van der Waals surface area (Å²) < 4.78 is 0. The van der Waals surface area contributed by atoms with Gasteiger partial charge in [0.1, 0.15) is 5.69 Å². The predicted octanol–water partition coefficient (Wildman–Crippen LogP) is 3.46. The van der Waals surface area contributed by atoms with Gasteiger partial charge in [-0.25, -0.2) is 4.98 Å². The van der Waals surface area contributed by atoms with Crippen molar-refractivity contribution in [3.8, 4) is 0 Å². The number of nitrogens with zero attached hydrogens (tertiary/aromatic N) is 2. The van der Waals surface area contributed by atoms with Crippen LogP contribution in [-0.4, -0.2) is 15.9 Å². The maximum absolute atomic E-state index is 12.1. The first-order valence-corrected chi connectivity index (χ1v) is 7.67. The number of pyridine rings is 2. The summed E-state index contributed by atoms with van der Waals surface area (Å²) in [5.74, 6) is -0.200. The molecule has 0 radical (unpaired) electrons. The van der Waals surface area contributed by atoms with Crippen molar-refractivity contribution in [3.63, 3.8) is 0 Å². The van der Waals surface area contributed by atoms with Gasteiger partial charge in [-0.1, -0.05) is 17.7 Å². The largest absolute Gasteiger partial charge is 0.354 e. The van der Waals surface area contributed by atoms with Crippen LogP contribution < -0.4 is 10.6 Å². The molecule has 120 valence electrons.